The van der Waals surface area contributed by atoms with Gasteiger partial charge in [0.1, 0.15) is 0 Å². The van der Waals surface area contributed by atoms with Crippen molar-refractivity contribution < 1.29 is 9.13 Å². The van der Waals surface area contributed by atoms with E-state index in [0.29, 0.717) is 17.3 Å². The zero-order valence-electron chi connectivity index (χ0n) is 13.1. The third kappa shape index (κ3) is 3.97. The molecule has 1 N–H and O–H groups in total. The van der Waals surface area contributed by atoms with Crippen LogP contribution in [0.15, 0.2) is 59.0 Å². The Morgan fingerprint density at radius 1 is 1.25 bits per heavy atom. The Morgan fingerprint density at radius 2 is 2.08 bits per heavy atom. The van der Waals surface area contributed by atoms with Crippen LogP contribution in [-0.4, -0.2) is 17.8 Å². The second kappa shape index (κ2) is 7.70. The number of hydrogen-bond donors (Lipinski definition) is 1. The summed E-state index contributed by atoms with van der Waals surface area (Å²) in [4.78, 5) is 4.47. The summed E-state index contributed by atoms with van der Waals surface area (Å²) in [6, 6.07) is 14.6. The predicted molar refractivity (Wildman–Crippen MR) is 96.3 cm³/mol. The summed E-state index contributed by atoms with van der Waals surface area (Å²) in [5.74, 6) is -0.156. The molecule has 24 heavy (non-hydrogen) atoms. The minimum Gasteiger partial charge on any atom is -0.491 e. The first kappa shape index (κ1) is 16.1. The third-order valence-electron chi connectivity index (χ3n) is 3.20. The van der Waals surface area contributed by atoms with Gasteiger partial charge in [0.05, 0.1) is 18.5 Å². The van der Waals surface area contributed by atoms with Crippen molar-refractivity contribution in [2.75, 3.05) is 12.0 Å². The molecule has 1 aromatic heterocycles. The molecule has 122 valence electrons. The fourth-order valence-electron chi connectivity index (χ4n) is 2.10. The summed E-state index contributed by atoms with van der Waals surface area (Å²) in [5, 5.41) is 6.74. The Bertz CT molecular complexity index is 833. The molecule has 0 radical (unpaired) electrons. The molecule has 0 spiro atoms. The minimum absolute atomic E-state index is 0.245. The Hall–Kier alpha value is -2.73. The Balaban J connectivity index is 1.64. The molecule has 0 atom stereocenters. The van der Waals surface area contributed by atoms with Gasteiger partial charge in [-0.25, -0.2) is 9.37 Å². The van der Waals surface area contributed by atoms with Crippen molar-refractivity contribution in [1.29, 1.82) is 0 Å². The maximum atomic E-state index is 13.8. The number of hydrazone groups is 1. The van der Waals surface area contributed by atoms with E-state index in [4.69, 9.17) is 4.74 Å². The van der Waals surface area contributed by atoms with E-state index < -0.39 is 5.82 Å². The first-order valence-corrected chi connectivity index (χ1v) is 8.36. The van der Waals surface area contributed by atoms with E-state index in [-0.39, 0.29) is 5.75 Å². The molecular formula is C18H16FN3OS. The SMILES string of the molecule is CCOc1ccc(C=NNc2nc(-c3ccccc3)cs2)cc1F. The number of aromatic nitrogens is 1. The highest BCUT2D eigenvalue weighted by molar-refractivity contribution is 7.14. The molecule has 0 bridgehead atoms. The molecule has 3 rings (SSSR count). The van der Waals surface area contributed by atoms with E-state index in [1.807, 2.05) is 42.6 Å². The Kier molecular flexibility index (Phi) is 5.18. The fraction of sp³-hybridized carbons (Fsp3) is 0.111. The quantitative estimate of drug-likeness (QED) is 0.518. The van der Waals surface area contributed by atoms with Crippen LogP contribution >= 0.6 is 11.3 Å². The van der Waals surface area contributed by atoms with Gasteiger partial charge in [-0.05, 0) is 30.7 Å². The summed E-state index contributed by atoms with van der Waals surface area (Å²) < 4.78 is 18.9. The standard InChI is InChI=1S/C18H16FN3OS/c1-2-23-17-9-8-13(10-15(17)19)11-20-22-18-21-16(12-24-18)14-6-4-3-5-7-14/h3-12H,2H2,1H3,(H,21,22). The van der Waals surface area contributed by atoms with Crippen LogP contribution in [0.5, 0.6) is 5.75 Å². The lowest BCUT2D eigenvalue weighted by Gasteiger charge is -2.04. The summed E-state index contributed by atoms with van der Waals surface area (Å²) in [7, 11) is 0. The van der Waals surface area contributed by atoms with Crippen LogP contribution in [0, 0.1) is 5.82 Å². The van der Waals surface area contributed by atoms with Gasteiger partial charge < -0.3 is 4.74 Å². The van der Waals surface area contributed by atoms with Gasteiger partial charge >= 0.3 is 0 Å². The fourth-order valence-corrected chi connectivity index (χ4v) is 2.77. The third-order valence-corrected chi connectivity index (χ3v) is 3.95. The van der Waals surface area contributed by atoms with Gasteiger partial charge in [-0.15, -0.1) is 11.3 Å². The average molecular weight is 341 g/mol. The van der Waals surface area contributed by atoms with E-state index in [9.17, 15) is 4.39 Å². The number of hydrogen-bond acceptors (Lipinski definition) is 5. The minimum atomic E-state index is -0.401. The summed E-state index contributed by atoms with van der Waals surface area (Å²) in [5.41, 5.74) is 5.46. The first-order chi connectivity index (χ1) is 11.8. The summed E-state index contributed by atoms with van der Waals surface area (Å²) >= 11 is 1.46. The van der Waals surface area contributed by atoms with Gasteiger partial charge in [0.15, 0.2) is 11.6 Å². The highest BCUT2D eigenvalue weighted by Gasteiger charge is 2.04. The zero-order valence-corrected chi connectivity index (χ0v) is 13.9. The smallest absolute Gasteiger partial charge is 0.203 e. The Morgan fingerprint density at radius 3 is 2.83 bits per heavy atom. The van der Waals surface area contributed by atoms with Crippen molar-refractivity contribution in [3.8, 4) is 17.0 Å². The number of benzene rings is 2. The molecule has 0 saturated heterocycles. The van der Waals surface area contributed by atoms with Gasteiger partial charge in [-0.1, -0.05) is 30.3 Å². The molecule has 0 aliphatic rings. The van der Waals surface area contributed by atoms with E-state index in [0.717, 1.165) is 11.3 Å². The van der Waals surface area contributed by atoms with E-state index in [2.05, 4.69) is 15.5 Å². The number of thiazole rings is 1. The number of halogens is 1. The lowest BCUT2D eigenvalue weighted by molar-refractivity contribution is 0.321. The van der Waals surface area contributed by atoms with E-state index >= 15 is 0 Å². The zero-order chi connectivity index (χ0) is 16.8. The number of rotatable bonds is 6. The van der Waals surface area contributed by atoms with E-state index in [1.165, 1.54) is 17.4 Å². The van der Waals surface area contributed by atoms with Crippen molar-refractivity contribution in [3.05, 3.63) is 65.3 Å². The highest BCUT2D eigenvalue weighted by Crippen LogP contribution is 2.24. The molecule has 0 fully saturated rings. The van der Waals surface area contributed by atoms with Crippen molar-refractivity contribution in [2.24, 2.45) is 5.10 Å². The Labute approximate surface area is 143 Å². The lowest BCUT2D eigenvalue weighted by atomic mass is 10.2. The van der Waals surface area contributed by atoms with Gasteiger partial charge in [-0.3, -0.25) is 5.43 Å². The first-order valence-electron chi connectivity index (χ1n) is 7.48. The average Bonchev–Trinajstić information content (AvgIpc) is 3.07. The van der Waals surface area contributed by atoms with Crippen LogP contribution in [0.2, 0.25) is 0 Å². The molecule has 1 heterocycles. The maximum absolute atomic E-state index is 13.8. The van der Waals surface area contributed by atoms with Crippen LogP contribution in [0.3, 0.4) is 0 Å². The van der Waals surface area contributed by atoms with Crippen LogP contribution in [0.4, 0.5) is 9.52 Å². The van der Waals surface area contributed by atoms with Crippen LogP contribution < -0.4 is 10.2 Å². The van der Waals surface area contributed by atoms with Crippen LogP contribution in [-0.2, 0) is 0 Å². The summed E-state index contributed by atoms with van der Waals surface area (Å²) in [6.07, 6.45) is 1.54. The van der Waals surface area contributed by atoms with Crippen molar-refractivity contribution in [1.82, 2.24) is 4.98 Å². The highest BCUT2D eigenvalue weighted by atomic mass is 32.1. The number of nitrogens with one attached hydrogen (secondary N) is 1. The number of nitrogens with zero attached hydrogens (tertiary/aromatic N) is 2. The van der Waals surface area contributed by atoms with Crippen molar-refractivity contribution in [3.63, 3.8) is 0 Å². The normalized spacial score (nSPS) is 10.9. The maximum Gasteiger partial charge on any atom is 0.203 e. The lowest BCUT2D eigenvalue weighted by Crippen LogP contribution is -1.96. The van der Waals surface area contributed by atoms with Crippen molar-refractivity contribution in [2.45, 2.75) is 6.92 Å². The molecule has 0 amide bonds. The van der Waals surface area contributed by atoms with Crippen LogP contribution in [0.25, 0.3) is 11.3 Å². The molecule has 6 heteroatoms. The van der Waals surface area contributed by atoms with Crippen molar-refractivity contribution >= 4 is 22.7 Å². The topological polar surface area (TPSA) is 46.5 Å². The van der Waals surface area contributed by atoms with Crippen LogP contribution in [0.1, 0.15) is 12.5 Å². The molecule has 0 aliphatic carbocycles. The van der Waals surface area contributed by atoms with Gasteiger partial charge in [-0.2, -0.15) is 5.10 Å². The van der Waals surface area contributed by atoms with Gasteiger partial charge in [0.2, 0.25) is 5.13 Å². The summed E-state index contributed by atoms with van der Waals surface area (Å²) in [6.45, 7) is 2.25. The van der Waals surface area contributed by atoms with Gasteiger partial charge in [0, 0.05) is 10.9 Å². The largest absolute Gasteiger partial charge is 0.491 e. The number of ether oxygens (including phenoxy) is 1. The van der Waals surface area contributed by atoms with E-state index in [1.54, 1.807) is 18.3 Å². The molecule has 4 nitrogen and oxygen atoms in total. The predicted octanol–water partition coefficient (Wildman–Crippen LogP) is 4.79. The molecule has 0 aliphatic heterocycles. The molecule has 2 aromatic carbocycles. The van der Waals surface area contributed by atoms with Gasteiger partial charge in [0.25, 0.3) is 0 Å². The molecule has 0 unspecified atom stereocenters. The second-order valence-corrected chi connectivity index (χ2v) is 5.75. The second-order valence-electron chi connectivity index (χ2n) is 4.90. The molecule has 3 aromatic rings. The monoisotopic (exact) mass is 341 g/mol. The number of anilines is 1. The molecule has 0 saturated carbocycles. The molecular weight excluding hydrogens is 325 g/mol.